The van der Waals surface area contributed by atoms with Crippen LogP contribution in [-0.4, -0.2) is 34.8 Å². The van der Waals surface area contributed by atoms with Crippen LogP contribution in [0.2, 0.25) is 5.02 Å². The quantitative estimate of drug-likeness (QED) is 0.566. The molecule has 0 N–H and O–H groups in total. The summed E-state index contributed by atoms with van der Waals surface area (Å²) in [5.74, 6) is 1.85. The number of halogens is 2. The van der Waals surface area contributed by atoms with Crippen LogP contribution >= 0.6 is 36.6 Å². The van der Waals surface area contributed by atoms with Crippen LogP contribution in [0.25, 0.3) is 0 Å². The molecule has 0 amide bonds. The Morgan fingerprint density at radius 2 is 1.93 bits per heavy atom. The van der Waals surface area contributed by atoms with Crippen LogP contribution in [0.4, 0.5) is 0 Å². The highest BCUT2D eigenvalue weighted by Crippen LogP contribution is 2.45. The minimum atomic E-state index is -0.297. The molecule has 2 aliphatic rings. The molecule has 2 fully saturated rings. The summed E-state index contributed by atoms with van der Waals surface area (Å²) in [4.78, 5) is 4.31. The lowest BCUT2D eigenvalue weighted by Crippen LogP contribution is -2.54. The summed E-state index contributed by atoms with van der Waals surface area (Å²) in [7, 11) is 0. The van der Waals surface area contributed by atoms with Gasteiger partial charge in [-0.2, -0.15) is 12.6 Å². The van der Waals surface area contributed by atoms with Gasteiger partial charge in [-0.15, -0.1) is 12.4 Å². The third kappa shape index (κ3) is 4.96. The summed E-state index contributed by atoms with van der Waals surface area (Å²) < 4.78 is 14.3. The first-order valence-corrected chi connectivity index (χ1v) is 11.3. The summed E-state index contributed by atoms with van der Waals surface area (Å²) >= 11 is 10.8. The summed E-state index contributed by atoms with van der Waals surface area (Å²) in [6, 6.07) is 8.26. The maximum absolute atomic E-state index is 6.03. The van der Waals surface area contributed by atoms with Crippen molar-refractivity contribution in [1.82, 2.24) is 9.55 Å². The van der Waals surface area contributed by atoms with Gasteiger partial charge in [0, 0.05) is 23.2 Å². The summed E-state index contributed by atoms with van der Waals surface area (Å²) in [5, 5.41) is 0.803. The molecule has 160 valence electrons. The Morgan fingerprint density at radius 1 is 1.17 bits per heavy atom. The fourth-order valence-corrected chi connectivity index (χ4v) is 5.69. The van der Waals surface area contributed by atoms with Crippen molar-refractivity contribution in [2.45, 2.75) is 50.4 Å². The number of rotatable bonds is 7. The third-order valence-electron chi connectivity index (χ3n) is 6.51. The number of hydrogen-bond donors (Lipinski definition) is 1. The normalized spacial score (nSPS) is 24.8. The van der Waals surface area contributed by atoms with Crippen LogP contribution in [0, 0.1) is 11.8 Å². The molecule has 1 aliphatic heterocycles. The SMILES string of the molecule is Cl.SCC(C1CCCC(CCc2ccc(Cl)cc2)C1)(C1OCCO1)n1ccnc1. The van der Waals surface area contributed by atoms with Crippen LogP contribution in [-0.2, 0) is 21.4 Å². The van der Waals surface area contributed by atoms with E-state index in [2.05, 4.69) is 21.7 Å². The lowest BCUT2D eigenvalue weighted by atomic mass is 9.70. The molecule has 4 nitrogen and oxygen atoms in total. The number of hydrogen-bond acceptors (Lipinski definition) is 4. The van der Waals surface area contributed by atoms with E-state index < -0.39 is 0 Å². The molecule has 3 atom stereocenters. The highest BCUT2D eigenvalue weighted by Gasteiger charge is 2.50. The Labute approximate surface area is 190 Å². The molecule has 1 saturated carbocycles. The molecule has 3 unspecified atom stereocenters. The van der Waals surface area contributed by atoms with Crippen molar-refractivity contribution >= 4 is 36.6 Å². The van der Waals surface area contributed by atoms with Crippen LogP contribution in [0.15, 0.2) is 43.0 Å². The minimum Gasteiger partial charge on any atom is -0.348 e. The zero-order valence-corrected chi connectivity index (χ0v) is 19.0. The molecule has 1 aliphatic carbocycles. The lowest BCUT2D eigenvalue weighted by molar-refractivity contribution is -0.144. The summed E-state index contributed by atoms with van der Waals surface area (Å²) in [6.07, 6.45) is 12.7. The van der Waals surface area contributed by atoms with Gasteiger partial charge >= 0.3 is 0 Å². The zero-order chi connectivity index (χ0) is 19.4. The van der Waals surface area contributed by atoms with Gasteiger partial charge in [0.25, 0.3) is 0 Å². The molecule has 1 saturated heterocycles. The van der Waals surface area contributed by atoms with E-state index in [1.807, 2.05) is 30.9 Å². The zero-order valence-electron chi connectivity index (χ0n) is 16.6. The molecule has 0 radical (unpaired) electrons. The number of nitrogens with zero attached hydrogens (tertiary/aromatic N) is 2. The molecule has 0 spiro atoms. The van der Waals surface area contributed by atoms with Gasteiger partial charge in [0.1, 0.15) is 5.54 Å². The Balaban J connectivity index is 0.00000240. The van der Waals surface area contributed by atoms with E-state index in [-0.39, 0.29) is 24.2 Å². The molecule has 7 heteroatoms. The van der Waals surface area contributed by atoms with Gasteiger partial charge in [0.15, 0.2) is 6.29 Å². The number of ether oxygens (including phenoxy) is 2. The van der Waals surface area contributed by atoms with Crippen LogP contribution < -0.4 is 0 Å². The fourth-order valence-electron chi connectivity index (χ4n) is 4.99. The van der Waals surface area contributed by atoms with Crippen molar-refractivity contribution in [3.8, 4) is 0 Å². The first-order chi connectivity index (χ1) is 13.7. The number of thiol groups is 1. The first kappa shape index (κ1) is 23.0. The van der Waals surface area contributed by atoms with Gasteiger partial charge in [-0.25, -0.2) is 4.98 Å². The van der Waals surface area contributed by atoms with E-state index in [1.54, 1.807) is 0 Å². The standard InChI is InChI=1S/C22H29ClN2O2S.ClH/c23-20-8-6-17(7-9-20)4-5-18-2-1-3-19(14-18)22(15-28,21-26-12-13-27-21)25-11-10-24-16-25;/h6-11,16,18-19,21,28H,1-5,12-15H2;1H. The van der Waals surface area contributed by atoms with Crippen molar-refractivity contribution in [2.75, 3.05) is 19.0 Å². The van der Waals surface area contributed by atoms with E-state index >= 15 is 0 Å². The largest absolute Gasteiger partial charge is 0.348 e. The molecule has 0 bridgehead atoms. The minimum absolute atomic E-state index is 0. The summed E-state index contributed by atoms with van der Waals surface area (Å²) in [5.41, 5.74) is 1.07. The van der Waals surface area contributed by atoms with Crippen LogP contribution in [0.5, 0.6) is 0 Å². The predicted molar refractivity (Wildman–Crippen MR) is 122 cm³/mol. The highest BCUT2D eigenvalue weighted by atomic mass is 35.5. The Kier molecular flexibility index (Phi) is 8.34. The number of benzene rings is 1. The maximum atomic E-state index is 6.03. The lowest BCUT2D eigenvalue weighted by Gasteiger charge is -2.47. The van der Waals surface area contributed by atoms with Crippen molar-refractivity contribution in [3.05, 3.63) is 53.6 Å². The number of imidazole rings is 1. The van der Waals surface area contributed by atoms with E-state index in [4.69, 9.17) is 33.7 Å². The fraction of sp³-hybridized carbons (Fsp3) is 0.591. The van der Waals surface area contributed by atoms with Crippen LogP contribution in [0.1, 0.15) is 37.7 Å². The maximum Gasteiger partial charge on any atom is 0.182 e. The average Bonchev–Trinajstić information content (AvgIpc) is 3.44. The number of aromatic nitrogens is 2. The van der Waals surface area contributed by atoms with Gasteiger partial charge < -0.3 is 14.0 Å². The van der Waals surface area contributed by atoms with Crippen molar-refractivity contribution in [2.24, 2.45) is 11.8 Å². The van der Waals surface area contributed by atoms with Gasteiger partial charge in [-0.05, 0) is 55.2 Å². The van der Waals surface area contributed by atoms with E-state index in [0.29, 0.717) is 30.8 Å². The number of aryl methyl sites for hydroxylation is 1. The monoisotopic (exact) mass is 456 g/mol. The Morgan fingerprint density at radius 3 is 2.59 bits per heavy atom. The second-order valence-corrected chi connectivity index (χ2v) is 8.84. The highest BCUT2D eigenvalue weighted by molar-refractivity contribution is 7.80. The van der Waals surface area contributed by atoms with Gasteiger partial charge in [-0.3, -0.25) is 0 Å². The summed E-state index contributed by atoms with van der Waals surface area (Å²) in [6.45, 7) is 1.31. The predicted octanol–water partition coefficient (Wildman–Crippen LogP) is 5.40. The van der Waals surface area contributed by atoms with Crippen molar-refractivity contribution < 1.29 is 9.47 Å². The molecule has 4 rings (SSSR count). The smallest absolute Gasteiger partial charge is 0.182 e. The second-order valence-electron chi connectivity index (χ2n) is 8.09. The molecule has 2 heterocycles. The molecule has 1 aromatic carbocycles. The Bertz CT molecular complexity index is 738. The van der Waals surface area contributed by atoms with Crippen molar-refractivity contribution in [3.63, 3.8) is 0 Å². The van der Waals surface area contributed by atoms with E-state index in [1.165, 1.54) is 37.7 Å². The molecule has 2 aromatic rings. The van der Waals surface area contributed by atoms with E-state index in [9.17, 15) is 0 Å². The molecular formula is C22H30Cl2N2O2S. The average molecular weight is 457 g/mol. The topological polar surface area (TPSA) is 36.3 Å². The van der Waals surface area contributed by atoms with Gasteiger partial charge in [0.2, 0.25) is 0 Å². The van der Waals surface area contributed by atoms with Gasteiger partial charge in [-0.1, -0.05) is 36.6 Å². The molecular weight excluding hydrogens is 427 g/mol. The van der Waals surface area contributed by atoms with Crippen LogP contribution in [0.3, 0.4) is 0 Å². The first-order valence-electron chi connectivity index (χ1n) is 10.3. The molecule has 29 heavy (non-hydrogen) atoms. The Hall–Kier alpha value is -0.720. The molecule has 1 aromatic heterocycles. The second kappa shape index (κ2) is 10.5. The third-order valence-corrected chi connectivity index (χ3v) is 7.27. The van der Waals surface area contributed by atoms with Crippen molar-refractivity contribution in [1.29, 1.82) is 0 Å². The van der Waals surface area contributed by atoms with E-state index in [0.717, 1.165) is 11.4 Å². The van der Waals surface area contributed by atoms with Gasteiger partial charge in [0.05, 0.1) is 19.5 Å².